The number of carbonyl (C=O) groups is 3. The number of nitro benzene ring substituents is 1. The van der Waals surface area contributed by atoms with E-state index >= 15 is 0 Å². The number of amides is 3. The van der Waals surface area contributed by atoms with Gasteiger partial charge in [-0.05, 0) is 36.3 Å². The van der Waals surface area contributed by atoms with Gasteiger partial charge in [-0.15, -0.1) is 0 Å². The number of benzene rings is 2. The number of likely N-dealkylation sites (tertiary alicyclic amines) is 1. The molecule has 0 radical (unpaired) electrons. The zero-order chi connectivity index (χ0) is 23.1. The molecule has 1 saturated carbocycles. The van der Waals surface area contributed by atoms with Gasteiger partial charge in [0.15, 0.2) is 0 Å². The summed E-state index contributed by atoms with van der Waals surface area (Å²) in [5, 5.41) is 13.9. The molecule has 1 saturated heterocycles. The van der Waals surface area contributed by atoms with Crippen molar-refractivity contribution in [3.63, 3.8) is 0 Å². The molecule has 2 aromatic carbocycles. The molecule has 1 heterocycles. The Labute approximate surface area is 190 Å². The van der Waals surface area contributed by atoms with E-state index in [9.17, 15) is 24.5 Å². The number of allylic oxidation sites excluding steroid dienone is 2. The fourth-order valence-corrected chi connectivity index (χ4v) is 5.55. The summed E-state index contributed by atoms with van der Waals surface area (Å²) in [4.78, 5) is 52.0. The van der Waals surface area contributed by atoms with E-state index in [0.29, 0.717) is 5.56 Å². The summed E-state index contributed by atoms with van der Waals surface area (Å²) in [5.41, 5.74) is 0.536. The number of para-hydroxylation sites is 2. The number of nitrogens with one attached hydrogen (secondary N) is 1. The van der Waals surface area contributed by atoms with Gasteiger partial charge in [0.25, 0.3) is 5.69 Å². The molecule has 8 nitrogen and oxygen atoms in total. The van der Waals surface area contributed by atoms with Gasteiger partial charge in [0.05, 0.1) is 29.2 Å². The highest BCUT2D eigenvalue weighted by atomic mass is 16.6. The molecule has 0 spiro atoms. The molecule has 0 unspecified atom stereocenters. The second-order valence-corrected chi connectivity index (χ2v) is 8.84. The first-order valence-corrected chi connectivity index (χ1v) is 11.1. The third-order valence-electron chi connectivity index (χ3n) is 7.04. The summed E-state index contributed by atoms with van der Waals surface area (Å²) in [5.74, 6) is -1.59. The van der Waals surface area contributed by atoms with Gasteiger partial charge in [0.1, 0.15) is 5.69 Å². The van der Waals surface area contributed by atoms with Crippen molar-refractivity contribution in [1.29, 1.82) is 0 Å². The van der Waals surface area contributed by atoms with E-state index in [1.807, 2.05) is 6.07 Å². The van der Waals surface area contributed by atoms with Crippen LogP contribution in [0.3, 0.4) is 0 Å². The summed E-state index contributed by atoms with van der Waals surface area (Å²) in [6, 6.07) is 14.1. The van der Waals surface area contributed by atoms with Gasteiger partial charge in [-0.1, -0.05) is 54.6 Å². The zero-order valence-electron chi connectivity index (χ0n) is 17.8. The van der Waals surface area contributed by atoms with Crippen LogP contribution in [-0.2, 0) is 14.4 Å². The number of carbonyl (C=O) groups excluding carboxylic acids is 3. The van der Waals surface area contributed by atoms with Crippen LogP contribution in [0, 0.1) is 33.8 Å². The molecular weight excluding hydrogens is 422 g/mol. The maximum absolute atomic E-state index is 13.5. The number of fused-ring (bicyclic) bond motifs is 1. The highest BCUT2D eigenvalue weighted by Gasteiger charge is 2.58. The number of hydrogen-bond donors (Lipinski definition) is 1. The lowest BCUT2D eigenvalue weighted by molar-refractivity contribution is -0.383. The van der Waals surface area contributed by atoms with Gasteiger partial charge in [-0.25, -0.2) is 0 Å². The molecular formula is C25H23N3O5. The predicted octanol–water partition coefficient (Wildman–Crippen LogP) is 3.86. The summed E-state index contributed by atoms with van der Waals surface area (Å²) in [7, 11) is 0. The van der Waals surface area contributed by atoms with Crippen LogP contribution in [0.15, 0.2) is 66.7 Å². The molecule has 1 N–H and O–H groups in total. The van der Waals surface area contributed by atoms with Crippen molar-refractivity contribution >= 4 is 29.1 Å². The Morgan fingerprint density at radius 2 is 1.55 bits per heavy atom. The van der Waals surface area contributed by atoms with Gasteiger partial charge in [-0.3, -0.25) is 29.4 Å². The van der Waals surface area contributed by atoms with Crippen molar-refractivity contribution < 1.29 is 19.3 Å². The van der Waals surface area contributed by atoms with E-state index in [-0.39, 0.29) is 53.3 Å². The highest BCUT2D eigenvalue weighted by Crippen LogP contribution is 2.51. The minimum absolute atomic E-state index is 0.0543. The van der Waals surface area contributed by atoms with Gasteiger partial charge < -0.3 is 5.32 Å². The number of anilines is 1. The Kier molecular flexibility index (Phi) is 5.28. The molecule has 33 heavy (non-hydrogen) atoms. The topological polar surface area (TPSA) is 110 Å². The van der Waals surface area contributed by atoms with Crippen LogP contribution in [-0.4, -0.2) is 27.5 Å². The molecule has 5 atom stereocenters. The van der Waals surface area contributed by atoms with Gasteiger partial charge in [-0.2, -0.15) is 0 Å². The van der Waals surface area contributed by atoms with Crippen LogP contribution in [0.2, 0.25) is 0 Å². The molecule has 4 aliphatic rings. The normalized spacial score (nSPS) is 26.2. The SMILES string of the molecule is O=C(C[C@H](c1ccccc1)N1C(=O)[C@H]2[C@H](C1=O)[C@H]1C=C[C@H]2CC1)Nc1ccccc1[N+](=O)[O-]. The zero-order valence-corrected chi connectivity index (χ0v) is 17.8. The lowest BCUT2D eigenvalue weighted by Crippen LogP contribution is -2.38. The average molecular weight is 445 g/mol. The van der Waals surface area contributed by atoms with Crippen molar-refractivity contribution in [2.24, 2.45) is 23.7 Å². The van der Waals surface area contributed by atoms with Crippen molar-refractivity contribution in [3.05, 3.63) is 82.4 Å². The van der Waals surface area contributed by atoms with Crippen LogP contribution in [0.4, 0.5) is 11.4 Å². The van der Waals surface area contributed by atoms with Crippen molar-refractivity contribution in [2.45, 2.75) is 25.3 Å². The van der Waals surface area contributed by atoms with Gasteiger partial charge >= 0.3 is 0 Å². The Morgan fingerprint density at radius 3 is 2.12 bits per heavy atom. The molecule has 168 valence electrons. The van der Waals surface area contributed by atoms with E-state index in [1.54, 1.807) is 30.3 Å². The monoisotopic (exact) mass is 445 g/mol. The maximum Gasteiger partial charge on any atom is 0.292 e. The van der Waals surface area contributed by atoms with Crippen molar-refractivity contribution in [1.82, 2.24) is 4.90 Å². The summed E-state index contributed by atoms with van der Waals surface area (Å²) < 4.78 is 0. The number of nitro groups is 1. The van der Waals surface area contributed by atoms with Crippen molar-refractivity contribution in [3.8, 4) is 0 Å². The molecule has 2 aromatic rings. The van der Waals surface area contributed by atoms with Crippen LogP contribution in [0.1, 0.15) is 30.9 Å². The van der Waals surface area contributed by atoms with Crippen LogP contribution >= 0.6 is 0 Å². The first-order valence-electron chi connectivity index (χ1n) is 11.1. The fraction of sp³-hybridized carbons (Fsp3) is 0.320. The third-order valence-corrected chi connectivity index (χ3v) is 7.04. The first kappa shape index (κ1) is 21.1. The molecule has 2 bridgehead atoms. The number of rotatable bonds is 6. The first-order chi connectivity index (χ1) is 16.0. The largest absolute Gasteiger partial charge is 0.320 e. The van der Waals surface area contributed by atoms with E-state index in [4.69, 9.17) is 0 Å². The molecule has 1 aliphatic heterocycles. The number of nitrogens with zero attached hydrogens (tertiary/aromatic N) is 2. The molecule has 2 fully saturated rings. The Bertz CT molecular complexity index is 1130. The summed E-state index contributed by atoms with van der Waals surface area (Å²) in [6.07, 6.45) is 5.72. The smallest absolute Gasteiger partial charge is 0.292 e. The molecule has 8 heteroatoms. The summed E-state index contributed by atoms with van der Waals surface area (Å²) in [6.45, 7) is 0. The predicted molar refractivity (Wildman–Crippen MR) is 120 cm³/mol. The van der Waals surface area contributed by atoms with Crippen LogP contribution < -0.4 is 5.32 Å². The van der Waals surface area contributed by atoms with E-state index in [2.05, 4.69) is 17.5 Å². The van der Waals surface area contributed by atoms with Gasteiger partial charge in [0.2, 0.25) is 17.7 Å². The van der Waals surface area contributed by atoms with Crippen molar-refractivity contribution in [2.75, 3.05) is 5.32 Å². The molecule has 6 rings (SSSR count). The van der Waals surface area contributed by atoms with Gasteiger partial charge in [0, 0.05) is 6.07 Å². The van der Waals surface area contributed by atoms with E-state index in [0.717, 1.165) is 12.8 Å². The number of hydrogen-bond acceptors (Lipinski definition) is 5. The van der Waals surface area contributed by atoms with Crippen LogP contribution in [0.5, 0.6) is 0 Å². The Balaban J connectivity index is 1.45. The van der Waals surface area contributed by atoms with E-state index < -0.39 is 16.9 Å². The minimum Gasteiger partial charge on any atom is -0.320 e. The number of imide groups is 1. The lowest BCUT2D eigenvalue weighted by Gasteiger charge is -2.38. The highest BCUT2D eigenvalue weighted by molar-refractivity contribution is 6.07. The second-order valence-electron chi connectivity index (χ2n) is 8.84. The Hall–Kier alpha value is -3.81. The average Bonchev–Trinajstić information content (AvgIpc) is 3.11. The standard InChI is InChI=1S/C25H23N3O5/c29-21(26-18-8-4-5-9-19(18)28(32)33)14-20(15-6-2-1-3-7-15)27-24(30)22-16-10-11-17(13-12-16)23(22)25(27)31/h1-11,16-17,20,22-23H,12-14H2,(H,26,29)/t16-,17-,20+,22+,23+/m0/s1. The molecule has 3 aliphatic carbocycles. The maximum atomic E-state index is 13.5. The lowest BCUT2D eigenvalue weighted by atomic mass is 9.63. The molecule has 3 amide bonds. The minimum atomic E-state index is -0.779. The summed E-state index contributed by atoms with van der Waals surface area (Å²) >= 11 is 0. The second kappa shape index (κ2) is 8.27. The Morgan fingerprint density at radius 1 is 0.970 bits per heavy atom. The fourth-order valence-electron chi connectivity index (χ4n) is 5.55. The third kappa shape index (κ3) is 3.61. The molecule has 0 aromatic heterocycles. The van der Waals surface area contributed by atoms with E-state index in [1.165, 1.54) is 23.1 Å². The quantitative estimate of drug-likeness (QED) is 0.314. The van der Waals surface area contributed by atoms with Crippen LogP contribution in [0.25, 0.3) is 0 Å².